The van der Waals surface area contributed by atoms with Crippen LogP contribution < -0.4 is 16.6 Å². The number of hydrogen-bond donors (Lipinski definition) is 2. The molecule has 7 heteroatoms. The van der Waals surface area contributed by atoms with Crippen LogP contribution in [0.15, 0.2) is 41.3 Å². The maximum absolute atomic E-state index is 13.3. The van der Waals surface area contributed by atoms with Gasteiger partial charge in [0.15, 0.2) is 0 Å². The molecule has 0 atom stereocenters. The zero-order chi connectivity index (χ0) is 20.2. The molecule has 3 heterocycles. The Morgan fingerprint density at radius 2 is 1.86 bits per heavy atom. The number of anilines is 2. The van der Waals surface area contributed by atoms with Crippen LogP contribution in [0, 0.1) is 0 Å². The number of nitrogens with two attached hydrogens (primary N) is 1. The average molecular weight is 393 g/mol. The summed E-state index contributed by atoms with van der Waals surface area (Å²) in [6.07, 6.45) is 6.37. The first-order valence-electron chi connectivity index (χ1n) is 10.4. The monoisotopic (exact) mass is 392 g/mol. The number of aromatic nitrogens is 3. The smallest absolute Gasteiger partial charge is 0.268 e. The van der Waals surface area contributed by atoms with Crippen LogP contribution in [0.25, 0.3) is 16.6 Å². The van der Waals surface area contributed by atoms with E-state index >= 15 is 0 Å². The van der Waals surface area contributed by atoms with Gasteiger partial charge in [0.2, 0.25) is 5.95 Å². The van der Waals surface area contributed by atoms with Crippen molar-refractivity contribution >= 4 is 22.7 Å². The van der Waals surface area contributed by atoms with Gasteiger partial charge in [-0.25, -0.2) is 4.98 Å². The first kappa shape index (κ1) is 19.4. The summed E-state index contributed by atoms with van der Waals surface area (Å²) in [5, 5.41) is 3.72. The van der Waals surface area contributed by atoms with Crippen LogP contribution >= 0.6 is 0 Å². The Morgan fingerprint density at radius 3 is 2.59 bits per heavy atom. The number of nitrogens with zero attached hydrogens (tertiary/aromatic N) is 4. The minimum absolute atomic E-state index is 0.145. The van der Waals surface area contributed by atoms with Gasteiger partial charge in [-0.2, -0.15) is 4.98 Å². The Bertz CT molecular complexity index is 1040. The summed E-state index contributed by atoms with van der Waals surface area (Å²) in [7, 11) is 0. The molecule has 1 aliphatic heterocycles. The Kier molecular flexibility index (Phi) is 5.76. The lowest BCUT2D eigenvalue weighted by Gasteiger charge is -2.15. The maximum atomic E-state index is 13.3. The van der Waals surface area contributed by atoms with E-state index in [0.717, 1.165) is 31.6 Å². The Hall–Kier alpha value is -2.93. The Morgan fingerprint density at radius 1 is 1.10 bits per heavy atom. The highest BCUT2D eigenvalue weighted by molar-refractivity contribution is 5.89. The molecule has 0 radical (unpaired) electrons. The molecule has 3 N–H and O–H groups in total. The second-order valence-corrected chi connectivity index (χ2v) is 7.61. The van der Waals surface area contributed by atoms with Crippen molar-refractivity contribution in [2.75, 3.05) is 30.7 Å². The van der Waals surface area contributed by atoms with Crippen molar-refractivity contribution < 1.29 is 0 Å². The van der Waals surface area contributed by atoms with Crippen molar-refractivity contribution in [2.45, 2.75) is 39.2 Å². The van der Waals surface area contributed by atoms with Crippen LogP contribution in [0.1, 0.15) is 38.2 Å². The van der Waals surface area contributed by atoms with Crippen LogP contribution in [-0.4, -0.2) is 39.1 Å². The number of fused-ring (bicyclic) bond motifs is 1. The molecule has 0 spiro atoms. The third kappa shape index (κ3) is 4.24. The van der Waals surface area contributed by atoms with Gasteiger partial charge in [-0.15, -0.1) is 0 Å². The molecular weight excluding hydrogens is 364 g/mol. The number of nitrogens with one attached hydrogen (secondary N) is 1. The number of benzene rings is 1. The molecule has 2 aromatic heterocycles. The first-order chi connectivity index (χ1) is 14.2. The van der Waals surface area contributed by atoms with Crippen molar-refractivity contribution in [1.29, 1.82) is 0 Å². The van der Waals surface area contributed by atoms with Crippen molar-refractivity contribution in [3.63, 3.8) is 0 Å². The van der Waals surface area contributed by atoms with E-state index in [1.54, 1.807) is 10.8 Å². The van der Waals surface area contributed by atoms with Crippen LogP contribution in [0.2, 0.25) is 0 Å². The fraction of sp³-hybridized carbons (Fsp3) is 0.409. The standard InChI is InChI=1S/C22H28N6O/c1-2-3-11-24-20-19-18(25-22(23)26-20)10-14-28(21(19)29)17-8-6-16(7-9-17)15-27-12-4-5-13-27/h6-10,14H,2-5,11-13,15H2,1H3,(H3,23,24,25,26). The van der Waals surface area contributed by atoms with Crippen LogP contribution in [-0.2, 0) is 6.54 Å². The summed E-state index contributed by atoms with van der Waals surface area (Å²) in [4.78, 5) is 24.2. The number of unbranched alkanes of at least 4 members (excludes halogenated alkanes) is 1. The molecular formula is C22H28N6O. The van der Waals surface area contributed by atoms with Gasteiger partial charge in [0.25, 0.3) is 5.56 Å². The summed E-state index contributed by atoms with van der Waals surface area (Å²) in [5.74, 6) is 0.672. The summed E-state index contributed by atoms with van der Waals surface area (Å²) < 4.78 is 1.65. The minimum atomic E-state index is -0.145. The summed E-state index contributed by atoms with van der Waals surface area (Å²) in [6, 6.07) is 10.0. The van der Waals surface area contributed by atoms with E-state index in [2.05, 4.69) is 39.2 Å². The maximum Gasteiger partial charge on any atom is 0.268 e. The third-order valence-corrected chi connectivity index (χ3v) is 5.41. The number of likely N-dealkylation sites (tertiary alicyclic amines) is 1. The number of pyridine rings is 1. The second kappa shape index (κ2) is 8.61. The van der Waals surface area contributed by atoms with Gasteiger partial charge in [-0.05, 0) is 56.1 Å². The fourth-order valence-electron chi connectivity index (χ4n) is 3.84. The molecule has 0 amide bonds. The lowest BCUT2D eigenvalue weighted by atomic mass is 10.2. The molecule has 0 bridgehead atoms. The number of nitrogen functional groups attached to an aromatic ring is 1. The topological polar surface area (TPSA) is 89.1 Å². The molecule has 7 nitrogen and oxygen atoms in total. The van der Waals surface area contributed by atoms with E-state index in [9.17, 15) is 4.79 Å². The SMILES string of the molecule is CCCCNc1nc(N)nc2ccn(-c3ccc(CN4CCCC4)cc3)c(=O)c12. The molecule has 4 rings (SSSR count). The highest BCUT2D eigenvalue weighted by Crippen LogP contribution is 2.20. The molecule has 152 valence electrons. The minimum Gasteiger partial charge on any atom is -0.369 e. The van der Waals surface area contributed by atoms with Gasteiger partial charge in [0.1, 0.15) is 11.2 Å². The van der Waals surface area contributed by atoms with Gasteiger partial charge >= 0.3 is 0 Å². The highest BCUT2D eigenvalue weighted by Gasteiger charge is 2.14. The van der Waals surface area contributed by atoms with Crippen LogP contribution in [0.3, 0.4) is 0 Å². The van der Waals surface area contributed by atoms with Crippen molar-refractivity contribution in [3.8, 4) is 5.69 Å². The van der Waals surface area contributed by atoms with E-state index in [4.69, 9.17) is 5.73 Å². The molecule has 3 aromatic rings. The van der Waals surface area contributed by atoms with E-state index in [0.29, 0.717) is 16.7 Å². The van der Waals surface area contributed by atoms with E-state index in [1.807, 2.05) is 18.2 Å². The zero-order valence-corrected chi connectivity index (χ0v) is 16.9. The molecule has 0 saturated carbocycles. The van der Waals surface area contributed by atoms with Gasteiger partial charge in [0, 0.05) is 25.0 Å². The van der Waals surface area contributed by atoms with Crippen molar-refractivity contribution in [2.24, 2.45) is 0 Å². The fourth-order valence-corrected chi connectivity index (χ4v) is 3.84. The van der Waals surface area contributed by atoms with E-state index < -0.39 is 0 Å². The quantitative estimate of drug-likeness (QED) is 0.601. The highest BCUT2D eigenvalue weighted by atomic mass is 16.1. The molecule has 1 aromatic carbocycles. The van der Waals surface area contributed by atoms with Gasteiger partial charge in [-0.1, -0.05) is 25.5 Å². The normalized spacial score (nSPS) is 14.5. The van der Waals surface area contributed by atoms with Crippen molar-refractivity contribution in [3.05, 3.63) is 52.4 Å². The van der Waals surface area contributed by atoms with Gasteiger partial charge in [-0.3, -0.25) is 14.3 Å². The third-order valence-electron chi connectivity index (χ3n) is 5.41. The molecule has 1 saturated heterocycles. The largest absolute Gasteiger partial charge is 0.369 e. The molecule has 1 aliphatic rings. The van der Waals surface area contributed by atoms with Crippen LogP contribution in [0.5, 0.6) is 0 Å². The summed E-state index contributed by atoms with van der Waals surface area (Å²) in [5.41, 5.74) is 8.35. The van der Waals surface area contributed by atoms with Gasteiger partial charge in [0.05, 0.1) is 5.52 Å². The predicted octanol–water partition coefficient (Wildman–Crippen LogP) is 3.17. The molecule has 0 unspecified atom stereocenters. The summed E-state index contributed by atoms with van der Waals surface area (Å²) >= 11 is 0. The van der Waals surface area contributed by atoms with E-state index in [1.165, 1.54) is 31.5 Å². The molecule has 0 aliphatic carbocycles. The van der Waals surface area contributed by atoms with Gasteiger partial charge < -0.3 is 11.1 Å². The summed E-state index contributed by atoms with van der Waals surface area (Å²) in [6.45, 7) is 6.16. The molecule has 1 fully saturated rings. The number of rotatable bonds is 7. The second-order valence-electron chi connectivity index (χ2n) is 7.61. The predicted molar refractivity (Wildman–Crippen MR) is 117 cm³/mol. The van der Waals surface area contributed by atoms with Crippen LogP contribution in [0.4, 0.5) is 11.8 Å². The lowest BCUT2D eigenvalue weighted by molar-refractivity contribution is 0.331. The first-order valence-corrected chi connectivity index (χ1v) is 10.4. The zero-order valence-electron chi connectivity index (χ0n) is 16.9. The average Bonchev–Trinajstić information content (AvgIpc) is 3.22. The Balaban J connectivity index is 1.66. The molecule has 29 heavy (non-hydrogen) atoms. The number of hydrogen-bond acceptors (Lipinski definition) is 6. The van der Waals surface area contributed by atoms with E-state index in [-0.39, 0.29) is 11.5 Å². The lowest BCUT2D eigenvalue weighted by Crippen LogP contribution is -2.21. The van der Waals surface area contributed by atoms with Crippen molar-refractivity contribution in [1.82, 2.24) is 19.4 Å². The Labute approximate surface area is 170 Å².